The molecule has 2 bridgehead atoms. The van der Waals surface area contributed by atoms with Crippen molar-refractivity contribution in [2.45, 2.75) is 51.0 Å². The minimum absolute atomic E-state index is 0.0760. The molecule has 0 radical (unpaired) electrons. The number of hydrogen-bond donors (Lipinski definition) is 2. The van der Waals surface area contributed by atoms with Gasteiger partial charge in [-0.05, 0) is 44.0 Å². The first-order valence-electron chi connectivity index (χ1n) is 11.5. The molecule has 2 aromatic heterocycles. The molecule has 2 aliphatic heterocycles. The van der Waals surface area contributed by atoms with E-state index in [1.807, 2.05) is 22.8 Å². The second-order valence-electron chi connectivity index (χ2n) is 9.13. The Hall–Kier alpha value is -2.39. The van der Waals surface area contributed by atoms with Gasteiger partial charge in [0, 0.05) is 35.3 Å². The van der Waals surface area contributed by atoms with E-state index in [0.29, 0.717) is 17.3 Å². The third-order valence-electron chi connectivity index (χ3n) is 6.28. The predicted molar refractivity (Wildman–Crippen MR) is 128 cm³/mol. The molecular weight excluding hydrogens is 442 g/mol. The molecule has 1 aromatic carbocycles. The summed E-state index contributed by atoms with van der Waals surface area (Å²) in [4.78, 5) is 7.28. The molecule has 2 N–H and O–H groups in total. The van der Waals surface area contributed by atoms with Crippen molar-refractivity contribution in [3.05, 3.63) is 41.0 Å². The van der Waals surface area contributed by atoms with E-state index in [0.717, 1.165) is 47.7 Å². The van der Waals surface area contributed by atoms with Gasteiger partial charge in [-0.3, -0.25) is 0 Å². The maximum Gasteiger partial charge on any atom is 0.161 e. The topological polar surface area (TPSA) is 84.1 Å². The van der Waals surface area contributed by atoms with E-state index in [9.17, 15) is 5.11 Å². The van der Waals surface area contributed by atoms with Crippen molar-refractivity contribution < 1.29 is 14.6 Å². The summed E-state index contributed by atoms with van der Waals surface area (Å²) in [5.41, 5.74) is 3.58. The van der Waals surface area contributed by atoms with Crippen LogP contribution in [0.5, 0.6) is 5.75 Å². The van der Waals surface area contributed by atoms with Crippen LogP contribution in [0, 0.1) is 0 Å². The summed E-state index contributed by atoms with van der Waals surface area (Å²) in [5, 5.41) is 18.2. The molecule has 9 heteroatoms. The minimum atomic E-state index is -0.607. The third kappa shape index (κ3) is 4.40. The van der Waals surface area contributed by atoms with Gasteiger partial charge in [0.15, 0.2) is 5.65 Å². The van der Waals surface area contributed by atoms with E-state index in [2.05, 4.69) is 35.2 Å². The van der Waals surface area contributed by atoms with Crippen molar-refractivity contribution in [1.82, 2.24) is 19.9 Å². The molecule has 3 unspecified atom stereocenters. The SMILES string of the molecule is CNCC(O)COc1cc(Cl)cc(-c2cc(N3CC4CCC3O4)n3ncc(C(C)C)c3n2)c1. The summed E-state index contributed by atoms with van der Waals surface area (Å²) in [6, 6.07) is 7.61. The number of piperidine rings is 1. The average molecular weight is 472 g/mol. The molecule has 2 saturated heterocycles. The Balaban J connectivity index is 1.56. The smallest absolute Gasteiger partial charge is 0.161 e. The van der Waals surface area contributed by atoms with Gasteiger partial charge in [0.25, 0.3) is 0 Å². The van der Waals surface area contributed by atoms with E-state index >= 15 is 0 Å². The predicted octanol–water partition coefficient (Wildman–Crippen LogP) is 3.46. The first-order chi connectivity index (χ1) is 15.9. The number of ether oxygens (including phenoxy) is 2. The summed E-state index contributed by atoms with van der Waals surface area (Å²) in [6.07, 6.45) is 3.78. The number of likely N-dealkylation sites (N-methyl/N-ethyl adjacent to an activating group) is 1. The van der Waals surface area contributed by atoms with Crippen LogP contribution in [0.1, 0.15) is 38.2 Å². The lowest BCUT2D eigenvalue weighted by molar-refractivity contribution is 0.108. The van der Waals surface area contributed by atoms with Gasteiger partial charge < -0.3 is 24.8 Å². The maximum atomic E-state index is 9.99. The van der Waals surface area contributed by atoms with Crippen LogP contribution < -0.4 is 15.0 Å². The molecule has 4 heterocycles. The molecule has 8 nitrogen and oxygen atoms in total. The van der Waals surface area contributed by atoms with Crippen molar-refractivity contribution in [1.29, 1.82) is 0 Å². The highest BCUT2D eigenvalue weighted by Gasteiger charge is 2.40. The molecular formula is C24H30ClN5O3. The molecule has 2 fully saturated rings. The van der Waals surface area contributed by atoms with Crippen LogP contribution in [0.25, 0.3) is 16.9 Å². The fraction of sp³-hybridized carbons (Fsp3) is 0.500. The average Bonchev–Trinajstić information content (AvgIpc) is 3.52. The lowest BCUT2D eigenvalue weighted by Gasteiger charge is -2.27. The van der Waals surface area contributed by atoms with Gasteiger partial charge in [-0.2, -0.15) is 9.61 Å². The summed E-state index contributed by atoms with van der Waals surface area (Å²) in [5.74, 6) is 1.86. The molecule has 176 valence electrons. The molecule has 0 amide bonds. The van der Waals surface area contributed by atoms with Gasteiger partial charge in [-0.25, -0.2) is 4.98 Å². The fourth-order valence-electron chi connectivity index (χ4n) is 4.63. The first-order valence-corrected chi connectivity index (χ1v) is 11.9. The highest BCUT2D eigenvalue weighted by Crippen LogP contribution is 2.38. The molecule has 33 heavy (non-hydrogen) atoms. The van der Waals surface area contributed by atoms with Crippen LogP contribution in [0.4, 0.5) is 5.82 Å². The minimum Gasteiger partial charge on any atom is -0.491 e. The van der Waals surface area contributed by atoms with Gasteiger partial charge in [0.2, 0.25) is 0 Å². The van der Waals surface area contributed by atoms with Crippen LogP contribution in [-0.4, -0.2) is 64.9 Å². The molecule has 3 atom stereocenters. The third-order valence-corrected chi connectivity index (χ3v) is 6.50. The number of aliphatic hydroxyl groups excluding tert-OH is 1. The number of hydrogen-bond acceptors (Lipinski definition) is 7. The Kier molecular flexibility index (Phi) is 6.18. The number of nitrogens with zero attached hydrogens (tertiary/aromatic N) is 4. The summed E-state index contributed by atoms with van der Waals surface area (Å²) >= 11 is 6.44. The van der Waals surface area contributed by atoms with Crippen molar-refractivity contribution in [2.75, 3.05) is 31.6 Å². The molecule has 5 rings (SSSR count). The largest absolute Gasteiger partial charge is 0.491 e. The Labute approximate surface area is 198 Å². The Bertz CT molecular complexity index is 1150. The Morgan fingerprint density at radius 3 is 2.82 bits per heavy atom. The van der Waals surface area contributed by atoms with Gasteiger partial charge >= 0.3 is 0 Å². The van der Waals surface area contributed by atoms with Crippen LogP contribution in [0.3, 0.4) is 0 Å². The lowest BCUT2D eigenvalue weighted by atomic mass is 10.1. The van der Waals surface area contributed by atoms with E-state index in [1.165, 1.54) is 0 Å². The van der Waals surface area contributed by atoms with E-state index in [1.54, 1.807) is 13.1 Å². The zero-order valence-electron chi connectivity index (χ0n) is 19.2. The van der Waals surface area contributed by atoms with Crippen molar-refractivity contribution in [3.8, 4) is 17.0 Å². The first kappa shape index (κ1) is 22.4. The lowest BCUT2D eigenvalue weighted by Crippen LogP contribution is -2.34. The van der Waals surface area contributed by atoms with Crippen LogP contribution in [-0.2, 0) is 4.74 Å². The van der Waals surface area contributed by atoms with Gasteiger partial charge in [0.05, 0.1) is 18.0 Å². The molecule has 3 aromatic rings. The zero-order chi connectivity index (χ0) is 23.1. The van der Waals surface area contributed by atoms with Crippen LogP contribution >= 0.6 is 11.6 Å². The van der Waals surface area contributed by atoms with Crippen molar-refractivity contribution in [2.24, 2.45) is 0 Å². The number of rotatable bonds is 8. The van der Waals surface area contributed by atoms with Gasteiger partial charge in [-0.15, -0.1) is 0 Å². The Morgan fingerprint density at radius 2 is 2.12 bits per heavy atom. The molecule has 2 aliphatic rings. The van der Waals surface area contributed by atoms with E-state index < -0.39 is 6.10 Å². The van der Waals surface area contributed by atoms with Crippen LogP contribution in [0.15, 0.2) is 30.5 Å². The number of nitrogens with one attached hydrogen (secondary N) is 1. The van der Waals surface area contributed by atoms with E-state index in [-0.39, 0.29) is 24.9 Å². The van der Waals surface area contributed by atoms with E-state index in [4.69, 9.17) is 26.1 Å². The summed E-state index contributed by atoms with van der Waals surface area (Å²) in [7, 11) is 1.79. The molecule has 0 spiro atoms. The molecule has 0 aliphatic carbocycles. The second kappa shape index (κ2) is 9.10. The second-order valence-corrected chi connectivity index (χ2v) is 9.57. The van der Waals surface area contributed by atoms with Gasteiger partial charge in [-0.1, -0.05) is 25.4 Å². The quantitative estimate of drug-likeness (QED) is 0.520. The summed E-state index contributed by atoms with van der Waals surface area (Å²) in [6.45, 7) is 5.77. The Morgan fingerprint density at radius 1 is 1.27 bits per heavy atom. The van der Waals surface area contributed by atoms with Gasteiger partial charge in [0.1, 0.15) is 30.5 Å². The maximum absolute atomic E-state index is 9.99. The number of fused-ring (bicyclic) bond motifs is 3. The number of benzene rings is 1. The normalized spacial score (nSPS) is 20.8. The van der Waals surface area contributed by atoms with Crippen molar-refractivity contribution in [3.63, 3.8) is 0 Å². The standard InChI is InChI=1S/C24H30ClN5O3/c1-14(2)20-11-27-30-22(29-12-18-4-5-23(29)33-18)9-21(28-24(20)30)15-6-16(25)8-19(7-15)32-13-17(31)10-26-3/h6-9,11,14,17-18,23,26,31H,4-5,10,12-13H2,1-3H3. The molecule has 0 saturated carbocycles. The van der Waals surface area contributed by atoms with Crippen LogP contribution in [0.2, 0.25) is 5.02 Å². The highest BCUT2D eigenvalue weighted by atomic mass is 35.5. The number of aliphatic hydroxyl groups is 1. The fourth-order valence-corrected chi connectivity index (χ4v) is 4.86. The highest BCUT2D eigenvalue weighted by molar-refractivity contribution is 6.31. The summed E-state index contributed by atoms with van der Waals surface area (Å²) < 4.78 is 13.8. The van der Waals surface area contributed by atoms with Crippen molar-refractivity contribution >= 4 is 23.1 Å². The monoisotopic (exact) mass is 471 g/mol. The zero-order valence-corrected chi connectivity index (χ0v) is 19.9. The number of aromatic nitrogens is 3. The number of anilines is 1. The number of halogens is 1.